The Morgan fingerprint density at radius 1 is 1.08 bits per heavy atom. The smallest absolute Gasteiger partial charge is 0.191 e. The van der Waals surface area contributed by atoms with Crippen molar-refractivity contribution in [2.24, 2.45) is 4.99 Å². The lowest BCUT2D eigenvalue weighted by atomic mass is 10.0. The Labute approximate surface area is 158 Å². The first-order valence-electron chi connectivity index (χ1n) is 9.84. The van der Waals surface area contributed by atoms with Gasteiger partial charge < -0.3 is 15.5 Å². The molecule has 0 radical (unpaired) electrons. The van der Waals surface area contributed by atoms with E-state index in [2.05, 4.69) is 83.8 Å². The van der Waals surface area contributed by atoms with Crippen LogP contribution in [0.4, 0.5) is 0 Å². The first kappa shape index (κ1) is 20.2. The first-order valence-corrected chi connectivity index (χ1v) is 9.84. The fraction of sp³-hybridized carbons (Fsp3) is 0.500. The summed E-state index contributed by atoms with van der Waals surface area (Å²) < 4.78 is 0. The van der Waals surface area contributed by atoms with E-state index < -0.39 is 0 Å². The number of guanidine groups is 1. The first-order chi connectivity index (χ1) is 12.7. The van der Waals surface area contributed by atoms with Crippen molar-refractivity contribution in [2.75, 3.05) is 26.7 Å². The minimum Gasteiger partial charge on any atom is -0.354 e. The molecule has 0 spiro atoms. The quantitative estimate of drug-likeness (QED) is 0.528. The maximum atomic E-state index is 4.38. The van der Waals surface area contributed by atoms with Crippen LogP contribution in [0.3, 0.4) is 0 Å². The van der Waals surface area contributed by atoms with Gasteiger partial charge in [0.05, 0.1) is 0 Å². The van der Waals surface area contributed by atoms with Crippen molar-refractivity contribution in [3.05, 3.63) is 48.0 Å². The van der Waals surface area contributed by atoms with E-state index in [4.69, 9.17) is 0 Å². The van der Waals surface area contributed by atoms with Gasteiger partial charge in [-0.2, -0.15) is 0 Å². The summed E-state index contributed by atoms with van der Waals surface area (Å²) in [6.45, 7) is 10.9. The van der Waals surface area contributed by atoms with Gasteiger partial charge in [-0.25, -0.2) is 0 Å². The summed E-state index contributed by atoms with van der Waals surface area (Å²) in [6, 6.07) is 15.4. The van der Waals surface area contributed by atoms with Crippen molar-refractivity contribution >= 4 is 16.7 Å². The van der Waals surface area contributed by atoms with Crippen LogP contribution in [-0.4, -0.2) is 43.6 Å². The fourth-order valence-corrected chi connectivity index (χ4v) is 3.29. The Balaban J connectivity index is 1.83. The number of hydrogen-bond donors (Lipinski definition) is 2. The molecular weight excluding hydrogens is 320 g/mol. The third-order valence-corrected chi connectivity index (χ3v) is 4.94. The summed E-state index contributed by atoms with van der Waals surface area (Å²) in [5.41, 5.74) is 1.29. The zero-order valence-corrected chi connectivity index (χ0v) is 16.8. The Morgan fingerprint density at radius 3 is 2.54 bits per heavy atom. The third kappa shape index (κ3) is 6.03. The molecule has 2 rings (SSSR count). The number of nitrogens with zero attached hydrogens (tertiary/aromatic N) is 2. The highest BCUT2D eigenvalue weighted by atomic mass is 15.2. The van der Waals surface area contributed by atoms with Crippen molar-refractivity contribution in [3.63, 3.8) is 0 Å². The van der Waals surface area contributed by atoms with Crippen LogP contribution in [0, 0.1) is 0 Å². The van der Waals surface area contributed by atoms with Gasteiger partial charge in [0.25, 0.3) is 0 Å². The van der Waals surface area contributed by atoms with Gasteiger partial charge in [-0.1, -0.05) is 56.3 Å². The van der Waals surface area contributed by atoms with E-state index in [1.54, 1.807) is 0 Å². The van der Waals surface area contributed by atoms with Gasteiger partial charge in [0.2, 0.25) is 0 Å². The van der Waals surface area contributed by atoms with Crippen molar-refractivity contribution in [1.82, 2.24) is 15.5 Å². The molecule has 0 amide bonds. The van der Waals surface area contributed by atoms with Crippen LogP contribution in [-0.2, 0) is 6.54 Å². The Bertz CT molecular complexity index is 686. The molecule has 0 aromatic heterocycles. The topological polar surface area (TPSA) is 39.7 Å². The number of benzene rings is 2. The number of fused-ring (bicyclic) bond motifs is 1. The molecule has 0 heterocycles. The Hall–Kier alpha value is -2.07. The molecule has 0 saturated carbocycles. The van der Waals surface area contributed by atoms with Crippen LogP contribution in [0.15, 0.2) is 47.5 Å². The van der Waals surface area contributed by atoms with Crippen molar-refractivity contribution in [1.29, 1.82) is 0 Å². The second-order valence-corrected chi connectivity index (χ2v) is 6.78. The molecule has 0 aliphatic rings. The SMILES string of the molecule is CCN(CC)CCCC(C)NC(=NC)NCc1cccc2ccccc12. The molecule has 1 unspecified atom stereocenters. The highest BCUT2D eigenvalue weighted by molar-refractivity contribution is 5.86. The lowest BCUT2D eigenvalue weighted by Crippen LogP contribution is -2.42. The van der Waals surface area contributed by atoms with E-state index in [9.17, 15) is 0 Å². The lowest BCUT2D eigenvalue weighted by Gasteiger charge is -2.21. The van der Waals surface area contributed by atoms with E-state index in [-0.39, 0.29) is 0 Å². The molecule has 0 aliphatic heterocycles. The molecule has 26 heavy (non-hydrogen) atoms. The molecule has 2 aromatic carbocycles. The van der Waals surface area contributed by atoms with Gasteiger partial charge in [0.15, 0.2) is 5.96 Å². The highest BCUT2D eigenvalue weighted by Crippen LogP contribution is 2.18. The van der Waals surface area contributed by atoms with Crippen LogP contribution in [0.25, 0.3) is 10.8 Å². The molecule has 0 fully saturated rings. The Kier molecular flexibility index (Phi) is 8.42. The maximum Gasteiger partial charge on any atom is 0.191 e. The molecule has 0 bridgehead atoms. The zero-order valence-electron chi connectivity index (χ0n) is 16.8. The van der Waals surface area contributed by atoms with Crippen LogP contribution in [0.5, 0.6) is 0 Å². The van der Waals surface area contributed by atoms with Gasteiger partial charge in [-0.3, -0.25) is 4.99 Å². The van der Waals surface area contributed by atoms with Crippen molar-refractivity contribution in [3.8, 4) is 0 Å². The minimum atomic E-state index is 0.407. The van der Waals surface area contributed by atoms with Gasteiger partial charge in [0, 0.05) is 19.6 Å². The van der Waals surface area contributed by atoms with E-state index >= 15 is 0 Å². The standard InChI is InChI=1S/C22H34N4/c1-5-26(6-2)16-10-11-18(3)25-22(23-4)24-17-20-14-9-13-19-12-7-8-15-21(19)20/h7-9,12-15,18H,5-6,10-11,16-17H2,1-4H3,(H2,23,24,25). The summed E-state index contributed by atoms with van der Waals surface area (Å²) in [5, 5.41) is 9.55. The van der Waals surface area contributed by atoms with E-state index in [0.29, 0.717) is 6.04 Å². The molecule has 142 valence electrons. The fourth-order valence-electron chi connectivity index (χ4n) is 3.29. The minimum absolute atomic E-state index is 0.407. The molecule has 2 aromatic rings. The average Bonchev–Trinajstić information content (AvgIpc) is 2.68. The summed E-state index contributed by atoms with van der Waals surface area (Å²) in [7, 11) is 1.83. The summed E-state index contributed by atoms with van der Waals surface area (Å²) in [5.74, 6) is 0.869. The van der Waals surface area contributed by atoms with Crippen LogP contribution < -0.4 is 10.6 Å². The maximum absolute atomic E-state index is 4.38. The van der Waals surface area contributed by atoms with Gasteiger partial charge in [-0.15, -0.1) is 0 Å². The second kappa shape index (κ2) is 10.8. The van der Waals surface area contributed by atoms with E-state index in [1.807, 2.05) is 7.05 Å². The lowest BCUT2D eigenvalue weighted by molar-refractivity contribution is 0.292. The predicted octanol–water partition coefficient (Wildman–Crippen LogP) is 4.02. The van der Waals surface area contributed by atoms with E-state index in [0.717, 1.165) is 32.0 Å². The third-order valence-electron chi connectivity index (χ3n) is 4.94. The molecule has 0 aliphatic carbocycles. The van der Waals surface area contributed by atoms with Gasteiger partial charge >= 0.3 is 0 Å². The average molecular weight is 355 g/mol. The Morgan fingerprint density at radius 2 is 1.81 bits per heavy atom. The second-order valence-electron chi connectivity index (χ2n) is 6.78. The number of nitrogens with one attached hydrogen (secondary N) is 2. The molecule has 1 atom stereocenters. The highest BCUT2D eigenvalue weighted by Gasteiger charge is 2.07. The predicted molar refractivity (Wildman–Crippen MR) is 114 cm³/mol. The molecule has 4 nitrogen and oxygen atoms in total. The van der Waals surface area contributed by atoms with Gasteiger partial charge in [-0.05, 0) is 55.7 Å². The molecule has 2 N–H and O–H groups in total. The normalized spacial score (nSPS) is 13.2. The van der Waals surface area contributed by atoms with Crippen molar-refractivity contribution < 1.29 is 0 Å². The number of aliphatic imine (C=N–C) groups is 1. The number of hydrogen-bond acceptors (Lipinski definition) is 2. The van der Waals surface area contributed by atoms with Crippen molar-refractivity contribution in [2.45, 2.75) is 46.2 Å². The van der Waals surface area contributed by atoms with Crippen LogP contribution in [0.2, 0.25) is 0 Å². The molecular formula is C22H34N4. The molecule has 4 heteroatoms. The summed E-state index contributed by atoms with van der Waals surface area (Å²) in [6.07, 6.45) is 2.35. The largest absolute Gasteiger partial charge is 0.354 e. The van der Waals surface area contributed by atoms with E-state index in [1.165, 1.54) is 29.3 Å². The summed E-state index contributed by atoms with van der Waals surface area (Å²) in [4.78, 5) is 6.86. The summed E-state index contributed by atoms with van der Waals surface area (Å²) >= 11 is 0. The number of rotatable bonds is 9. The zero-order chi connectivity index (χ0) is 18.8. The molecule has 0 saturated heterocycles. The van der Waals surface area contributed by atoms with Crippen LogP contribution in [0.1, 0.15) is 39.2 Å². The van der Waals surface area contributed by atoms with Gasteiger partial charge in [0.1, 0.15) is 0 Å². The monoisotopic (exact) mass is 354 g/mol. The van der Waals surface area contributed by atoms with Crippen LogP contribution >= 0.6 is 0 Å².